The first kappa shape index (κ1) is 18.7. The third-order valence-electron chi connectivity index (χ3n) is 5.52. The van der Waals surface area contributed by atoms with E-state index in [0.717, 1.165) is 35.1 Å². The van der Waals surface area contributed by atoms with Gasteiger partial charge in [-0.1, -0.05) is 49.2 Å². The largest absolute Gasteiger partial charge is 0.507 e. The number of aryl methyl sites for hydroxylation is 2. The molecule has 2 aromatic rings. The number of phenols is 2. The molecule has 0 radical (unpaired) electrons. The number of benzene rings is 2. The molecule has 0 aliphatic heterocycles. The summed E-state index contributed by atoms with van der Waals surface area (Å²) in [4.78, 5) is 0. The smallest absolute Gasteiger partial charge is 0.122 e. The summed E-state index contributed by atoms with van der Waals surface area (Å²) in [5.74, 6) is 0.787. The van der Waals surface area contributed by atoms with Gasteiger partial charge in [0.05, 0.1) is 0 Å². The molecule has 2 aromatic carbocycles. The molecule has 2 atom stereocenters. The fraction of sp³-hybridized carbons (Fsp3) is 0.455. The second-order valence-corrected chi connectivity index (χ2v) is 7.42. The number of hydrogen-bond donors (Lipinski definition) is 4. The predicted molar refractivity (Wildman–Crippen MR) is 105 cm³/mol. The first-order valence-electron chi connectivity index (χ1n) is 9.58. The molecular formula is C22H30N2O2. The van der Waals surface area contributed by atoms with Gasteiger partial charge in [-0.05, 0) is 37.8 Å². The lowest BCUT2D eigenvalue weighted by Gasteiger charge is -2.33. The third kappa shape index (κ3) is 4.37. The van der Waals surface area contributed by atoms with Crippen LogP contribution in [0.25, 0.3) is 0 Å². The van der Waals surface area contributed by atoms with Gasteiger partial charge in [0.2, 0.25) is 0 Å². The summed E-state index contributed by atoms with van der Waals surface area (Å²) in [6, 6.07) is 12.5. The van der Waals surface area contributed by atoms with Crippen molar-refractivity contribution < 1.29 is 10.2 Å². The molecule has 1 fully saturated rings. The molecule has 0 aromatic heterocycles. The summed E-state index contributed by atoms with van der Waals surface area (Å²) in [5.41, 5.74) is 3.73. The van der Waals surface area contributed by atoms with Crippen LogP contribution < -0.4 is 10.6 Å². The van der Waals surface area contributed by atoms with Crippen molar-refractivity contribution in [2.24, 2.45) is 0 Å². The van der Waals surface area contributed by atoms with Crippen LogP contribution in [-0.4, -0.2) is 22.3 Å². The van der Waals surface area contributed by atoms with Crippen LogP contribution in [0.4, 0.5) is 0 Å². The maximum atomic E-state index is 10.2. The second kappa shape index (κ2) is 8.56. The van der Waals surface area contributed by atoms with Crippen LogP contribution in [0.1, 0.15) is 47.9 Å². The minimum atomic E-state index is 0.371. The summed E-state index contributed by atoms with van der Waals surface area (Å²) < 4.78 is 0. The van der Waals surface area contributed by atoms with Crippen molar-refractivity contribution in [3.05, 3.63) is 58.7 Å². The molecule has 1 unspecified atom stereocenters. The molecule has 0 bridgehead atoms. The highest BCUT2D eigenvalue weighted by molar-refractivity contribution is 5.40. The lowest BCUT2D eigenvalue weighted by atomic mass is 9.89. The summed E-state index contributed by atoms with van der Waals surface area (Å²) >= 11 is 0. The van der Waals surface area contributed by atoms with Crippen molar-refractivity contribution in [3.63, 3.8) is 0 Å². The van der Waals surface area contributed by atoms with Crippen molar-refractivity contribution >= 4 is 0 Å². The van der Waals surface area contributed by atoms with E-state index in [4.69, 9.17) is 0 Å². The normalized spacial score (nSPS) is 20.2. The van der Waals surface area contributed by atoms with E-state index in [1.54, 1.807) is 0 Å². The number of hydrogen-bond acceptors (Lipinski definition) is 4. The van der Waals surface area contributed by atoms with Crippen LogP contribution in [0, 0.1) is 13.8 Å². The molecule has 4 N–H and O–H groups in total. The Balaban J connectivity index is 1.61. The van der Waals surface area contributed by atoms with Crippen LogP contribution in [0.15, 0.2) is 36.4 Å². The quantitative estimate of drug-likeness (QED) is 0.635. The highest BCUT2D eigenvalue weighted by Crippen LogP contribution is 2.25. The van der Waals surface area contributed by atoms with Gasteiger partial charge in [-0.2, -0.15) is 0 Å². The Hall–Kier alpha value is -2.04. The lowest BCUT2D eigenvalue weighted by Crippen LogP contribution is -2.49. The molecule has 3 rings (SSSR count). The van der Waals surface area contributed by atoms with Crippen molar-refractivity contribution in [1.29, 1.82) is 0 Å². The van der Waals surface area contributed by atoms with Gasteiger partial charge in [0.15, 0.2) is 0 Å². The molecule has 4 heteroatoms. The number of phenolic OH excluding ortho intramolecular Hbond substituents is 2. The summed E-state index contributed by atoms with van der Waals surface area (Å²) in [6.07, 6.45) is 4.71. The van der Waals surface area contributed by atoms with Crippen molar-refractivity contribution in [2.75, 3.05) is 0 Å². The maximum Gasteiger partial charge on any atom is 0.122 e. The molecule has 140 valence electrons. The first-order chi connectivity index (χ1) is 12.6. The molecule has 4 nitrogen and oxygen atoms in total. The zero-order valence-corrected chi connectivity index (χ0v) is 15.8. The molecule has 26 heavy (non-hydrogen) atoms. The van der Waals surface area contributed by atoms with E-state index in [1.165, 1.54) is 12.8 Å². The van der Waals surface area contributed by atoms with Gasteiger partial charge in [0, 0.05) is 36.3 Å². The summed E-state index contributed by atoms with van der Waals surface area (Å²) in [5, 5.41) is 27.7. The molecule has 0 spiro atoms. The molecule has 1 aliphatic rings. The summed E-state index contributed by atoms with van der Waals surface area (Å²) in [7, 11) is 0. The van der Waals surface area contributed by atoms with Gasteiger partial charge in [0.1, 0.15) is 11.5 Å². The van der Waals surface area contributed by atoms with Gasteiger partial charge < -0.3 is 20.8 Å². The topological polar surface area (TPSA) is 64.5 Å². The minimum Gasteiger partial charge on any atom is -0.507 e. The van der Waals surface area contributed by atoms with Gasteiger partial charge in [0.25, 0.3) is 0 Å². The lowest BCUT2D eigenvalue weighted by molar-refractivity contribution is 0.279. The molecule has 0 heterocycles. The van der Waals surface area contributed by atoms with Gasteiger partial charge >= 0.3 is 0 Å². The van der Waals surface area contributed by atoms with E-state index in [-0.39, 0.29) is 0 Å². The van der Waals surface area contributed by atoms with Crippen molar-refractivity contribution in [3.8, 4) is 11.5 Å². The first-order valence-corrected chi connectivity index (χ1v) is 9.58. The average Bonchev–Trinajstić information content (AvgIpc) is 2.65. The SMILES string of the molecule is Cc1cccc(CNC2CCCC[C@H]2NCc2cccc(C)c2O)c1O. The van der Waals surface area contributed by atoms with Gasteiger partial charge in [-0.3, -0.25) is 0 Å². The Labute approximate surface area is 156 Å². The fourth-order valence-corrected chi connectivity index (χ4v) is 3.83. The van der Waals surface area contributed by atoms with Crippen LogP contribution in [0.2, 0.25) is 0 Å². The van der Waals surface area contributed by atoms with Crippen molar-refractivity contribution in [2.45, 2.75) is 64.7 Å². The van der Waals surface area contributed by atoms with E-state index in [1.807, 2.05) is 50.2 Å². The Morgan fingerprint density at radius 2 is 1.19 bits per heavy atom. The zero-order valence-electron chi connectivity index (χ0n) is 15.8. The predicted octanol–water partition coefficient (Wildman–Crippen LogP) is 3.91. The van der Waals surface area contributed by atoms with Crippen molar-refractivity contribution in [1.82, 2.24) is 10.6 Å². The monoisotopic (exact) mass is 354 g/mol. The number of nitrogens with one attached hydrogen (secondary N) is 2. The fourth-order valence-electron chi connectivity index (χ4n) is 3.83. The standard InChI is InChI=1S/C22H30N2O2/c1-15-7-5-9-17(21(15)25)13-23-19-11-3-4-12-20(19)24-14-18-10-6-8-16(2)22(18)26/h5-10,19-20,23-26H,3-4,11-14H2,1-2H3/t19-,20?/m1/s1. The van der Waals surface area contributed by atoms with E-state index in [2.05, 4.69) is 10.6 Å². The molecule has 1 saturated carbocycles. The third-order valence-corrected chi connectivity index (χ3v) is 5.52. The molecule has 0 saturated heterocycles. The van der Waals surface area contributed by atoms with Gasteiger partial charge in [-0.25, -0.2) is 0 Å². The highest BCUT2D eigenvalue weighted by atomic mass is 16.3. The van der Waals surface area contributed by atoms with Crippen LogP contribution in [0.5, 0.6) is 11.5 Å². The molecule has 0 amide bonds. The molecule has 1 aliphatic carbocycles. The van der Waals surface area contributed by atoms with Crippen LogP contribution in [-0.2, 0) is 13.1 Å². The number of rotatable bonds is 6. The Morgan fingerprint density at radius 3 is 1.62 bits per heavy atom. The van der Waals surface area contributed by atoms with E-state index in [0.29, 0.717) is 36.7 Å². The maximum absolute atomic E-state index is 10.2. The van der Waals surface area contributed by atoms with Crippen LogP contribution in [0.3, 0.4) is 0 Å². The Bertz CT molecular complexity index is 681. The summed E-state index contributed by atoms with van der Waals surface area (Å²) in [6.45, 7) is 5.20. The molecular weight excluding hydrogens is 324 g/mol. The van der Waals surface area contributed by atoms with E-state index in [9.17, 15) is 10.2 Å². The number of aromatic hydroxyl groups is 2. The van der Waals surface area contributed by atoms with Gasteiger partial charge in [-0.15, -0.1) is 0 Å². The average molecular weight is 354 g/mol. The Kier molecular flexibility index (Phi) is 6.17. The number of para-hydroxylation sites is 2. The Morgan fingerprint density at radius 1 is 0.769 bits per heavy atom. The minimum absolute atomic E-state index is 0.371. The van der Waals surface area contributed by atoms with Crippen LogP contribution >= 0.6 is 0 Å². The van der Waals surface area contributed by atoms with E-state index >= 15 is 0 Å². The zero-order chi connectivity index (χ0) is 18.5. The second-order valence-electron chi connectivity index (χ2n) is 7.42. The van der Waals surface area contributed by atoms with E-state index < -0.39 is 0 Å². The highest BCUT2D eigenvalue weighted by Gasteiger charge is 2.24.